The van der Waals surface area contributed by atoms with Gasteiger partial charge in [0.05, 0.1) is 13.7 Å². The molecule has 0 aliphatic carbocycles. The second-order valence-corrected chi connectivity index (χ2v) is 14.4. The van der Waals surface area contributed by atoms with E-state index in [0.717, 1.165) is 38.5 Å². The van der Waals surface area contributed by atoms with Gasteiger partial charge in [-0.1, -0.05) is 168 Å². The van der Waals surface area contributed by atoms with Gasteiger partial charge >= 0.3 is 0 Å². The van der Waals surface area contributed by atoms with Gasteiger partial charge in [-0.05, 0) is 12.8 Å². The fraction of sp³-hybridized carbons (Fsp3) is 0.949. The molecule has 0 saturated heterocycles. The highest BCUT2D eigenvalue weighted by molar-refractivity contribution is 5.83. The quantitative estimate of drug-likeness (QED) is 0.0469. The molecule has 0 aromatic heterocycles. The summed E-state index contributed by atoms with van der Waals surface area (Å²) >= 11 is 0. The monoisotopic (exact) mass is 641 g/mol. The van der Waals surface area contributed by atoms with Crippen LogP contribution in [0, 0.1) is 0 Å². The summed E-state index contributed by atoms with van der Waals surface area (Å²) < 4.78 is 0.105. The minimum atomic E-state index is -1.14. The maximum absolute atomic E-state index is 12.6. The molecule has 6 nitrogen and oxygen atoms in total. The van der Waals surface area contributed by atoms with Crippen LogP contribution in [-0.4, -0.2) is 76.9 Å². The Bertz CT molecular complexity index is 620. The Labute approximate surface area is 279 Å². The van der Waals surface area contributed by atoms with Gasteiger partial charge in [0.1, 0.15) is 19.6 Å². The third kappa shape index (κ3) is 28.0. The van der Waals surface area contributed by atoms with E-state index in [1.54, 1.807) is 7.05 Å². The lowest BCUT2D eigenvalue weighted by Gasteiger charge is -2.36. The number of rotatable bonds is 36. The first-order chi connectivity index (χ1) is 21.8. The molecule has 0 radical (unpaired) electrons. The molecule has 0 saturated carbocycles. The van der Waals surface area contributed by atoms with Gasteiger partial charge in [-0.25, -0.2) is 0 Å². The molecule has 2 unspecified atom stereocenters. The van der Waals surface area contributed by atoms with Gasteiger partial charge < -0.3 is 19.8 Å². The minimum absolute atomic E-state index is 0.105. The molecule has 0 fully saturated rings. The van der Waals surface area contributed by atoms with E-state index in [0.29, 0.717) is 12.8 Å². The van der Waals surface area contributed by atoms with E-state index in [9.17, 15) is 24.9 Å². The largest absolute Gasteiger partial charge is 0.391 e. The summed E-state index contributed by atoms with van der Waals surface area (Å²) in [5, 5.41) is 30.9. The van der Waals surface area contributed by atoms with Crippen LogP contribution in [0.1, 0.15) is 194 Å². The van der Waals surface area contributed by atoms with Crippen LogP contribution in [0.2, 0.25) is 0 Å². The topological polar surface area (TPSA) is 94.8 Å². The summed E-state index contributed by atoms with van der Waals surface area (Å²) in [6.07, 6.45) is 30.8. The molecular weight excluding hydrogens is 562 g/mol. The highest BCUT2D eigenvalue weighted by atomic mass is 16.3. The SMILES string of the molecule is CCCCCCCCCCCCCCCC(=O)C(O)C[N+](C)(CCO)CC(O)C(=O)CCCCCCCCCCCCCCC. The van der Waals surface area contributed by atoms with E-state index in [-0.39, 0.29) is 42.3 Å². The van der Waals surface area contributed by atoms with Crippen molar-refractivity contribution < 1.29 is 29.4 Å². The predicted octanol–water partition coefficient (Wildman–Crippen LogP) is 9.25. The second-order valence-electron chi connectivity index (χ2n) is 14.4. The average molecular weight is 641 g/mol. The molecule has 0 aromatic rings. The van der Waals surface area contributed by atoms with Crippen LogP contribution in [0.3, 0.4) is 0 Å². The van der Waals surface area contributed by atoms with Gasteiger partial charge in [0.15, 0.2) is 23.8 Å². The van der Waals surface area contributed by atoms with Crippen molar-refractivity contribution in [3.63, 3.8) is 0 Å². The number of aliphatic hydroxyl groups is 3. The third-order valence-corrected chi connectivity index (χ3v) is 9.66. The van der Waals surface area contributed by atoms with Crippen LogP contribution in [0.5, 0.6) is 0 Å². The zero-order chi connectivity index (χ0) is 33.4. The lowest BCUT2D eigenvalue weighted by Crippen LogP contribution is -2.56. The molecule has 0 aromatic carbocycles. The molecule has 0 bridgehead atoms. The smallest absolute Gasteiger partial charge is 0.167 e. The number of ketones is 2. The highest BCUT2D eigenvalue weighted by Gasteiger charge is 2.33. The number of unbranched alkanes of at least 4 members (excludes halogenated alkanes) is 24. The van der Waals surface area contributed by atoms with Gasteiger partial charge in [-0.2, -0.15) is 0 Å². The number of quaternary nitrogens is 1. The van der Waals surface area contributed by atoms with Crippen molar-refractivity contribution in [1.82, 2.24) is 0 Å². The Morgan fingerprint density at radius 1 is 0.467 bits per heavy atom. The zero-order valence-electron chi connectivity index (χ0n) is 30.4. The normalized spacial score (nSPS) is 14.4. The standard InChI is InChI=1S/C39H78NO5/c1-4-6-8-10-12-14-16-18-20-22-24-26-28-30-36(42)38(44)34-40(3,32-33-41)35-39(45)37(43)31-29-27-25-23-21-19-17-15-13-11-9-7-5-2/h38-39,41,44-45H,4-35H2,1-3H3/q+1. The van der Waals surface area contributed by atoms with E-state index < -0.39 is 12.2 Å². The fourth-order valence-electron chi connectivity index (χ4n) is 6.50. The molecule has 6 heteroatoms. The number of carbonyl (C=O) groups is 2. The van der Waals surface area contributed by atoms with Crippen LogP contribution in [0.25, 0.3) is 0 Å². The summed E-state index contributed by atoms with van der Waals surface area (Å²) in [5.74, 6) is -0.346. The Kier molecular flexibility index (Phi) is 31.2. The maximum atomic E-state index is 12.6. The van der Waals surface area contributed by atoms with E-state index in [4.69, 9.17) is 0 Å². The number of likely N-dealkylation sites (N-methyl/N-ethyl adjacent to an activating group) is 1. The molecular formula is C39H78NO5+. The van der Waals surface area contributed by atoms with E-state index in [1.165, 1.54) is 128 Å². The number of hydrogen-bond donors (Lipinski definition) is 3. The van der Waals surface area contributed by atoms with Gasteiger partial charge in [0.25, 0.3) is 0 Å². The van der Waals surface area contributed by atoms with Gasteiger partial charge in [0.2, 0.25) is 0 Å². The van der Waals surface area contributed by atoms with Crippen molar-refractivity contribution >= 4 is 11.6 Å². The third-order valence-electron chi connectivity index (χ3n) is 9.66. The summed E-state index contributed by atoms with van der Waals surface area (Å²) in [6, 6.07) is 0. The van der Waals surface area contributed by atoms with Gasteiger partial charge in [-0.15, -0.1) is 0 Å². The predicted molar refractivity (Wildman–Crippen MR) is 191 cm³/mol. The van der Waals surface area contributed by atoms with Crippen molar-refractivity contribution in [1.29, 1.82) is 0 Å². The van der Waals surface area contributed by atoms with E-state index in [1.807, 2.05) is 0 Å². The summed E-state index contributed by atoms with van der Waals surface area (Å²) in [4.78, 5) is 25.3. The van der Waals surface area contributed by atoms with Crippen LogP contribution in [-0.2, 0) is 9.59 Å². The van der Waals surface area contributed by atoms with E-state index >= 15 is 0 Å². The van der Waals surface area contributed by atoms with Crippen molar-refractivity contribution in [3.8, 4) is 0 Å². The van der Waals surface area contributed by atoms with E-state index in [2.05, 4.69) is 13.8 Å². The van der Waals surface area contributed by atoms with Crippen LogP contribution < -0.4 is 0 Å². The number of aliphatic hydroxyl groups excluding tert-OH is 3. The molecule has 0 spiro atoms. The number of Topliss-reactive ketones (excluding diaryl/α,β-unsaturated/α-hetero) is 2. The van der Waals surface area contributed by atoms with Crippen molar-refractivity contribution in [3.05, 3.63) is 0 Å². The fourth-order valence-corrected chi connectivity index (χ4v) is 6.50. The van der Waals surface area contributed by atoms with Crippen molar-refractivity contribution in [2.75, 3.05) is 33.3 Å². The average Bonchev–Trinajstić information content (AvgIpc) is 3.01. The number of nitrogens with zero attached hydrogens (tertiary/aromatic N) is 1. The van der Waals surface area contributed by atoms with Crippen LogP contribution in [0.4, 0.5) is 0 Å². The molecule has 268 valence electrons. The van der Waals surface area contributed by atoms with Crippen molar-refractivity contribution in [2.24, 2.45) is 0 Å². The lowest BCUT2D eigenvalue weighted by atomic mass is 10.0. The first-order valence-corrected chi connectivity index (χ1v) is 19.7. The first kappa shape index (κ1) is 44.2. The molecule has 0 heterocycles. The Morgan fingerprint density at radius 3 is 0.956 bits per heavy atom. The lowest BCUT2D eigenvalue weighted by molar-refractivity contribution is -0.913. The first-order valence-electron chi connectivity index (χ1n) is 19.7. The van der Waals surface area contributed by atoms with Crippen LogP contribution in [0.15, 0.2) is 0 Å². The molecule has 0 rings (SSSR count). The maximum Gasteiger partial charge on any atom is 0.167 e. The molecule has 0 aliphatic heterocycles. The zero-order valence-corrected chi connectivity index (χ0v) is 30.4. The second kappa shape index (κ2) is 31.8. The molecule has 45 heavy (non-hydrogen) atoms. The molecule has 3 N–H and O–H groups in total. The van der Waals surface area contributed by atoms with Crippen LogP contribution >= 0.6 is 0 Å². The summed E-state index contributed by atoms with van der Waals surface area (Å²) in [5.41, 5.74) is 0. The molecule has 0 amide bonds. The molecule has 0 aliphatic rings. The summed E-state index contributed by atoms with van der Waals surface area (Å²) in [6.45, 7) is 4.89. The Morgan fingerprint density at radius 2 is 0.711 bits per heavy atom. The summed E-state index contributed by atoms with van der Waals surface area (Å²) in [7, 11) is 1.81. The molecule has 2 atom stereocenters. The number of hydrogen-bond acceptors (Lipinski definition) is 5. The minimum Gasteiger partial charge on any atom is -0.391 e. The van der Waals surface area contributed by atoms with Crippen molar-refractivity contribution in [2.45, 2.75) is 206 Å². The van der Waals surface area contributed by atoms with Gasteiger partial charge in [0, 0.05) is 12.8 Å². The Hall–Kier alpha value is -0.820. The number of carbonyl (C=O) groups excluding carboxylic acids is 2. The van der Waals surface area contributed by atoms with Gasteiger partial charge in [-0.3, -0.25) is 9.59 Å². The highest BCUT2D eigenvalue weighted by Crippen LogP contribution is 2.16. The Balaban J connectivity index is 4.04.